The Balaban J connectivity index is 4.03. The van der Waals surface area contributed by atoms with Gasteiger partial charge in [-0.2, -0.15) is 0 Å². The van der Waals surface area contributed by atoms with Crippen LogP contribution in [0, 0.1) is 12.3 Å². The maximum absolute atomic E-state index is 11.0. The molecule has 14 heavy (non-hydrogen) atoms. The van der Waals surface area contributed by atoms with Crippen molar-refractivity contribution in [2.24, 2.45) is 0 Å². The summed E-state index contributed by atoms with van der Waals surface area (Å²) in [5.74, 6) is 1.08. The Morgan fingerprint density at radius 2 is 2.29 bits per heavy atom. The van der Waals surface area contributed by atoms with Gasteiger partial charge in [-0.25, -0.2) is 9.59 Å². The molecule has 0 aliphatic carbocycles. The summed E-state index contributed by atoms with van der Waals surface area (Å²) in [6.07, 6.45) is 6.48. The van der Waals surface area contributed by atoms with Gasteiger partial charge in [-0.15, -0.1) is 13.0 Å². The van der Waals surface area contributed by atoms with Crippen LogP contribution in [-0.2, 0) is 4.79 Å². The van der Waals surface area contributed by atoms with E-state index in [0.29, 0.717) is 0 Å². The number of carbonyl (C=O) groups is 2. The standard InChI is InChI=1S/C9H12N2O3/c1-3-5-7(8(12)13)11-9(14)10-6-4-2/h2-3,7H,1,5-6H2,(H,12,13)(H2,10,11,14). The molecule has 2 amide bonds. The second kappa shape index (κ2) is 6.54. The Bertz CT molecular complexity index is 268. The third-order valence-electron chi connectivity index (χ3n) is 1.36. The second-order valence-corrected chi connectivity index (χ2v) is 2.45. The van der Waals surface area contributed by atoms with Gasteiger partial charge < -0.3 is 15.7 Å². The van der Waals surface area contributed by atoms with Gasteiger partial charge in [-0.1, -0.05) is 12.0 Å². The molecule has 0 rings (SSSR count). The smallest absolute Gasteiger partial charge is 0.326 e. The molecule has 0 aliphatic rings. The van der Waals surface area contributed by atoms with Crippen molar-refractivity contribution in [2.45, 2.75) is 12.5 Å². The normalized spacial score (nSPS) is 10.8. The molecular formula is C9H12N2O3. The van der Waals surface area contributed by atoms with Crippen LogP contribution in [-0.4, -0.2) is 29.7 Å². The van der Waals surface area contributed by atoms with Crippen molar-refractivity contribution in [1.29, 1.82) is 0 Å². The molecule has 0 saturated heterocycles. The van der Waals surface area contributed by atoms with E-state index < -0.39 is 18.0 Å². The van der Waals surface area contributed by atoms with E-state index in [2.05, 4.69) is 23.1 Å². The van der Waals surface area contributed by atoms with Crippen LogP contribution in [0.1, 0.15) is 6.42 Å². The Hall–Kier alpha value is -1.96. The molecule has 5 heteroatoms. The Kier molecular flexibility index (Phi) is 5.63. The zero-order chi connectivity index (χ0) is 11.0. The average molecular weight is 196 g/mol. The number of hydrogen-bond acceptors (Lipinski definition) is 2. The number of amides is 2. The molecule has 0 spiro atoms. The van der Waals surface area contributed by atoms with Gasteiger partial charge in [0.1, 0.15) is 6.04 Å². The monoisotopic (exact) mass is 196 g/mol. The SMILES string of the molecule is C#CCNC(=O)NC(CC=C)C(=O)O. The van der Waals surface area contributed by atoms with Crippen molar-refractivity contribution in [3.63, 3.8) is 0 Å². The number of aliphatic carboxylic acids is 1. The Morgan fingerprint density at radius 3 is 2.71 bits per heavy atom. The maximum atomic E-state index is 11.0. The topological polar surface area (TPSA) is 78.4 Å². The van der Waals surface area contributed by atoms with Gasteiger partial charge in [0.15, 0.2) is 0 Å². The fourth-order valence-corrected chi connectivity index (χ4v) is 0.729. The first-order valence-corrected chi connectivity index (χ1v) is 3.93. The van der Waals surface area contributed by atoms with Crippen LogP contribution >= 0.6 is 0 Å². The van der Waals surface area contributed by atoms with Crippen LogP contribution in [0.3, 0.4) is 0 Å². The zero-order valence-corrected chi connectivity index (χ0v) is 7.62. The molecule has 0 heterocycles. The summed E-state index contributed by atoms with van der Waals surface area (Å²) in [5.41, 5.74) is 0. The molecule has 0 radical (unpaired) electrons. The first-order chi connectivity index (χ1) is 6.61. The number of hydrogen-bond donors (Lipinski definition) is 3. The molecular weight excluding hydrogens is 184 g/mol. The van der Waals surface area contributed by atoms with Crippen LogP contribution in [0.25, 0.3) is 0 Å². The summed E-state index contributed by atoms with van der Waals surface area (Å²) in [6, 6.07) is -1.57. The van der Waals surface area contributed by atoms with E-state index in [1.54, 1.807) is 0 Å². The second-order valence-electron chi connectivity index (χ2n) is 2.45. The van der Waals surface area contributed by atoms with Crippen LogP contribution in [0.4, 0.5) is 4.79 Å². The van der Waals surface area contributed by atoms with Crippen molar-refractivity contribution >= 4 is 12.0 Å². The van der Waals surface area contributed by atoms with E-state index in [1.807, 2.05) is 0 Å². The van der Waals surface area contributed by atoms with Crippen molar-refractivity contribution in [3.8, 4) is 12.3 Å². The van der Waals surface area contributed by atoms with Gasteiger partial charge in [0.05, 0.1) is 6.54 Å². The van der Waals surface area contributed by atoms with Gasteiger partial charge in [0.25, 0.3) is 0 Å². The molecule has 0 aromatic rings. The summed E-state index contributed by atoms with van der Waals surface area (Å²) < 4.78 is 0. The number of rotatable bonds is 5. The lowest BCUT2D eigenvalue weighted by atomic mass is 10.2. The molecule has 0 saturated carbocycles. The van der Waals surface area contributed by atoms with Gasteiger partial charge in [0, 0.05) is 0 Å². The van der Waals surface area contributed by atoms with Crippen molar-refractivity contribution < 1.29 is 14.7 Å². The molecule has 1 atom stereocenters. The van der Waals surface area contributed by atoms with Crippen LogP contribution in [0.15, 0.2) is 12.7 Å². The van der Waals surface area contributed by atoms with Gasteiger partial charge >= 0.3 is 12.0 Å². The summed E-state index contributed by atoms with van der Waals surface area (Å²) >= 11 is 0. The van der Waals surface area contributed by atoms with E-state index in [4.69, 9.17) is 11.5 Å². The lowest BCUT2D eigenvalue weighted by Crippen LogP contribution is -2.45. The fourth-order valence-electron chi connectivity index (χ4n) is 0.729. The highest BCUT2D eigenvalue weighted by Crippen LogP contribution is 1.92. The molecule has 0 fully saturated rings. The number of carboxylic acid groups (broad SMARTS) is 1. The van der Waals surface area contributed by atoms with E-state index in [0.717, 1.165) is 0 Å². The summed E-state index contributed by atoms with van der Waals surface area (Å²) in [7, 11) is 0. The molecule has 76 valence electrons. The Morgan fingerprint density at radius 1 is 1.64 bits per heavy atom. The molecule has 0 aromatic carbocycles. The van der Waals surface area contributed by atoms with Gasteiger partial charge in [0.2, 0.25) is 0 Å². The van der Waals surface area contributed by atoms with E-state index in [9.17, 15) is 9.59 Å². The third-order valence-corrected chi connectivity index (χ3v) is 1.36. The van der Waals surface area contributed by atoms with E-state index >= 15 is 0 Å². The summed E-state index contributed by atoms with van der Waals surface area (Å²) in [5, 5.41) is 13.2. The highest BCUT2D eigenvalue weighted by atomic mass is 16.4. The predicted octanol–water partition coefficient (Wildman–Crippen LogP) is -0.0519. The minimum Gasteiger partial charge on any atom is -0.480 e. The minimum atomic E-state index is -1.11. The molecule has 0 bridgehead atoms. The largest absolute Gasteiger partial charge is 0.480 e. The van der Waals surface area contributed by atoms with Crippen LogP contribution in [0.5, 0.6) is 0 Å². The van der Waals surface area contributed by atoms with Gasteiger partial charge in [-0.05, 0) is 6.42 Å². The zero-order valence-electron chi connectivity index (χ0n) is 7.62. The number of nitrogens with one attached hydrogen (secondary N) is 2. The van der Waals surface area contributed by atoms with E-state index in [1.165, 1.54) is 6.08 Å². The highest BCUT2D eigenvalue weighted by molar-refractivity contribution is 5.82. The molecule has 0 aromatic heterocycles. The van der Waals surface area contributed by atoms with E-state index in [-0.39, 0.29) is 13.0 Å². The number of urea groups is 1. The van der Waals surface area contributed by atoms with Crippen LogP contribution in [0.2, 0.25) is 0 Å². The first-order valence-electron chi connectivity index (χ1n) is 3.93. The predicted molar refractivity (Wildman–Crippen MR) is 51.6 cm³/mol. The summed E-state index contributed by atoms with van der Waals surface area (Å²) in [4.78, 5) is 21.5. The maximum Gasteiger partial charge on any atom is 0.326 e. The lowest BCUT2D eigenvalue weighted by Gasteiger charge is -2.12. The fraction of sp³-hybridized carbons (Fsp3) is 0.333. The average Bonchev–Trinajstić information content (AvgIpc) is 2.14. The Labute approximate surface area is 82.2 Å². The van der Waals surface area contributed by atoms with Crippen molar-refractivity contribution in [3.05, 3.63) is 12.7 Å². The van der Waals surface area contributed by atoms with Crippen molar-refractivity contribution in [2.75, 3.05) is 6.54 Å². The highest BCUT2D eigenvalue weighted by Gasteiger charge is 2.17. The first kappa shape index (κ1) is 12.0. The molecule has 3 N–H and O–H groups in total. The quantitative estimate of drug-likeness (QED) is 0.426. The lowest BCUT2D eigenvalue weighted by molar-refractivity contribution is -0.139. The van der Waals surface area contributed by atoms with Crippen LogP contribution < -0.4 is 10.6 Å². The minimum absolute atomic E-state index is 0.0618. The van der Waals surface area contributed by atoms with Crippen molar-refractivity contribution in [1.82, 2.24) is 10.6 Å². The number of carbonyl (C=O) groups excluding carboxylic acids is 1. The third kappa shape index (κ3) is 4.83. The summed E-state index contributed by atoms with van der Waals surface area (Å²) in [6.45, 7) is 3.45. The molecule has 1 unspecified atom stereocenters. The molecule has 0 aliphatic heterocycles. The number of carboxylic acids is 1. The number of terminal acetylenes is 1. The molecule has 5 nitrogen and oxygen atoms in total. The van der Waals surface area contributed by atoms with Gasteiger partial charge in [-0.3, -0.25) is 0 Å².